The largest absolute Gasteiger partial charge is 0.494 e. The summed E-state index contributed by atoms with van der Waals surface area (Å²) >= 11 is 0. The average Bonchev–Trinajstić information content (AvgIpc) is 3.90. The molecule has 2 aliphatic rings. The Balaban J connectivity index is 0.000000705. The molecular weight excluding hydrogens is 724 g/mol. The normalized spacial score (nSPS) is 17.7. The molecule has 1 amide bonds. The molecule has 2 fully saturated rings. The number of carbonyl (C=O) groups is 3. The van der Waals surface area contributed by atoms with Crippen molar-refractivity contribution in [3.63, 3.8) is 0 Å². The predicted octanol–water partition coefficient (Wildman–Crippen LogP) is 5.84. The zero-order valence-corrected chi connectivity index (χ0v) is 29.3. The lowest BCUT2D eigenvalue weighted by atomic mass is 9.93. The van der Waals surface area contributed by atoms with Gasteiger partial charge in [-0.2, -0.15) is 13.2 Å². The second-order valence-electron chi connectivity index (χ2n) is 12.3. The predicted molar refractivity (Wildman–Crippen MR) is 185 cm³/mol. The number of aromatic nitrogens is 1. The molecule has 1 aromatic heterocycles. The van der Waals surface area contributed by atoms with Crippen molar-refractivity contribution >= 4 is 50.0 Å². The second-order valence-corrected chi connectivity index (χ2v) is 14.5. The zero-order chi connectivity index (χ0) is 38.7. The summed E-state index contributed by atoms with van der Waals surface area (Å²) in [6.07, 6.45) is -2.09. The molecule has 1 aliphatic carbocycles. The van der Waals surface area contributed by atoms with Crippen LogP contribution in [0.3, 0.4) is 0 Å². The van der Waals surface area contributed by atoms with E-state index in [4.69, 9.17) is 25.1 Å². The van der Waals surface area contributed by atoms with Gasteiger partial charge in [0.15, 0.2) is 21.4 Å². The number of nitrogens with zero attached hydrogens (tertiary/aromatic N) is 2. The molecule has 2 heterocycles. The molecule has 4 N–H and O–H groups in total. The molecule has 17 heteroatoms. The van der Waals surface area contributed by atoms with E-state index in [0.29, 0.717) is 35.5 Å². The van der Waals surface area contributed by atoms with Gasteiger partial charge in [-0.1, -0.05) is 24.3 Å². The third kappa shape index (κ3) is 8.45. The summed E-state index contributed by atoms with van der Waals surface area (Å²) in [6.45, 7) is 2.01. The van der Waals surface area contributed by atoms with Crippen LogP contribution in [0.25, 0.3) is 10.8 Å². The number of amides is 1. The molecule has 3 atom stereocenters. The number of benzene rings is 3. The molecule has 1 saturated carbocycles. The lowest BCUT2D eigenvalue weighted by molar-refractivity contribution is -0.192. The molecule has 1 saturated heterocycles. The van der Waals surface area contributed by atoms with Crippen LogP contribution in [-0.2, 0) is 29.0 Å². The van der Waals surface area contributed by atoms with Gasteiger partial charge in [0.2, 0.25) is 5.91 Å². The van der Waals surface area contributed by atoms with Gasteiger partial charge in [0.05, 0.1) is 35.8 Å². The smallest absolute Gasteiger partial charge is 0.490 e. The van der Waals surface area contributed by atoms with Gasteiger partial charge in [-0.05, 0) is 85.2 Å². The first-order chi connectivity index (χ1) is 25.1. The topological polar surface area (TPSA) is 178 Å². The number of esters is 1. The number of halogens is 4. The first-order valence-electron chi connectivity index (χ1n) is 16.4. The fourth-order valence-corrected chi connectivity index (χ4v) is 8.13. The summed E-state index contributed by atoms with van der Waals surface area (Å²) < 4.78 is 84.1. The minimum absolute atomic E-state index is 0.0438. The fourth-order valence-electron chi connectivity index (χ4n) is 6.23. The molecule has 0 unspecified atom stereocenters. The molecule has 12 nitrogen and oxygen atoms in total. The Morgan fingerprint density at radius 1 is 1.06 bits per heavy atom. The van der Waals surface area contributed by atoms with Crippen molar-refractivity contribution < 1.29 is 54.9 Å². The number of sulfone groups is 1. The van der Waals surface area contributed by atoms with Crippen LogP contribution in [0, 0.1) is 11.7 Å². The van der Waals surface area contributed by atoms with Crippen molar-refractivity contribution in [1.29, 1.82) is 0 Å². The van der Waals surface area contributed by atoms with Crippen molar-refractivity contribution in [1.82, 2.24) is 9.88 Å². The Labute approximate surface area is 301 Å². The van der Waals surface area contributed by atoms with Crippen molar-refractivity contribution in [3.05, 3.63) is 89.9 Å². The van der Waals surface area contributed by atoms with Crippen LogP contribution in [0.15, 0.2) is 77.8 Å². The summed E-state index contributed by atoms with van der Waals surface area (Å²) in [5.74, 6) is -4.76. The van der Waals surface area contributed by atoms with Crippen molar-refractivity contribution in [3.8, 4) is 5.75 Å². The highest BCUT2D eigenvalue weighted by Gasteiger charge is 2.48. The van der Waals surface area contributed by atoms with Crippen molar-refractivity contribution in [2.75, 3.05) is 31.3 Å². The highest BCUT2D eigenvalue weighted by Crippen LogP contribution is 2.45. The number of aliphatic carboxylic acids is 1. The molecule has 3 aromatic carbocycles. The number of nitrogens with one attached hydrogen (secondary N) is 1. The monoisotopic (exact) mass is 760 g/mol. The van der Waals surface area contributed by atoms with Gasteiger partial charge < -0.3 is 30.5 Å². The van der Waals surface area contributed by atoms with Gasteiger partial charge in [0.1, 0.15) is 11.9 Å². The number of pyridine rings is 1. The number of nitrogen functional groups attached to an aromatic ring is 1. The molecule has 282 valence electrons. The number of ether oxygens (including phenoxy) is 2. The second kappa shape index (κ2) is 15.7. The van der Waals surface area contributed by atoms with Crippen LogP contribution in [-0.4, -0.2) is 72.9 Å². The third-order valence-corrected chi connectivity index (χ3v) is 11.2. The number of likely N-dealkylation sites (tertiary alicyclic amines) is 1. The number of carbonyl (C=O) groups excluding carboxylic acids is 2. The first-order valence-corrected chi connectivity index (χ1v) is 18.0. The standard InChI is InChI=1S/C34H35FN4O6S.C2HF3O2/c1-3-45-34(41)26-15-17-39(31(26)25-6-4-5-7-29(25)46(42,43)23-10-11-23)33(40)30(21-8-13-27(35)28(19-21)44-2)38-22-9-12-24-20(18-22)14-16-37-32(24)36;3-2(4,5)1(6)7/h4-9,12-14,16,18-19,23,26,30-31,38H,3,10-11,15,17H2,1-2H3,(H2,36,37);(H,6,7)/t26-,30-,31-;/m1./s1. The molecule has 53 heavy (non-hydrogen) atoms. The van der Waals surface area contributed by atoms with Gasteiger partial charge in [0.25, 0.3) is 0 Å². The highest BCUT2D eigenvalue weighted by molar-refractivity contribution is 7.92. The van der Waals surface area contributed by atoms with Gasteiger partial charge in [-0.15, -0.1) is 0 Å². The summed E-state index contributed by atoms with van der Waals surface area (Å²) in [5.41, 5.74) is 7.42. The number of nitrogens with two attached hydrogens (primary N) is 1. The minimum Gasteiger partial charge on any atom is -0.494 e. The quantitative estimate of drug-likeness (QED) is 0.131. The molecule has 6 rings (SSSR count). The number of fused-ring (bicyclic) bond motifs is 1. The minimum atomic E-state index is -5.08. The molecule has 1 aliphatic heterocycles. The van der Waals surface area contributed by atoms with E-state index < -0.39 is 62.9 Å². The van der Waals surface area contributed by atoms with E-state index in [1.54, 1.807) is 60.5 Å². The van der Waals surface area contributed by atoms with Crippen molar-refractivity contribution in [2.24, 2.45) is 5.92 Å². The van der Waals surface area contributed by atoms with Gasteiger partial charge in [0, 0.05) is 23.8 Å². The number of alkyl halides is 3. The van der Waals surface area contributed by atoms with Crippen LogP contribution in [0.1, 0.15) is 49.4 Å². The van der Waals surface area contributed by atoms with E-state index in [1.807, 2.05) is 6.07 Å². The van der Waals surface area contributed by atoms with E-state index in [0.717, 1.165) is 10.8 Å². The Kier molecular flexibility index (Phi) is 11.5. The van der Waals surface area contributed by atoms with E-state index in [9.17, 15) is 35.6 Å². The van der Waals surface area contributed by atoms with Crippen LogP contribution in [0.2, 0.25) is 0 Å². The maximum Gasteiger partial charge on any atom is 0.490 e. The third-order valence-electron chi connectivity index (χ3n) is 8.88. The summed E-state index contributed by atoms with van der Waals surface area (Å²) in [4.78, 5) is 42.8. The molecule has 0 spiro atoms. The summed E-state index contributed by atoms with van der Waals surface area (Å²) in [7, 11) is -2.34. The Hall–Kier alpha value is -5.45. The lowest BCUT2D eigenvalue weighted by Gasteiger charge is -2.33. The van der Waals surface area contributed by atoms with Crippen LogP contribution < -0.4 is 15.8 Å². The Morgan fingerprint density at radius 2 is 1.75 bits per heavy atom. The molecular formula is C36H36F4N4O8S. The number of rotatable bonds is 10. The Morgan fingerprint density at radius 3 is 2.40 bits per heavy atom. The van der Waals surface area contributed by atoms with Gasteiger partial charge in [-0.3, -0.25) is 9.59 Å². The molecule has 0 radical (unpaired) electrons. The average molecular weight is 761 g/mol. The fraction of sp³-hybridized carbons (Fsp3) is 0.333. The highest BCUT2D eigenvalue weighted by atomic mass is 32.2. The van der Waals surface area contributed by atoms with Crippen LogP contribution in [0.4, 0.5) is 29.1 Å². The van der Waals surface area contributed by atoms with Gasteiger partial charge >= 0.3 is 18.1 Å². The van der Waals surface area contributed by atoms with Crippen LogP contribution >= 0.6 is 0 Å². The first kappa shape index (κ1) is 38.8. The number of carboxylic acid groups (broad SMARTS) is 1. The maximum atomic E-state index is 14.8. The van der Waals surface area contributed by atoms with E-state index in [2.05, 4.69) is 10.3 Å². The molecule has 0 bridgehead atoms. The van der Waals surface area contributed by atoms with E-state index >= 15 is 0 Å². The summed E-state index contributed by atoms with van der Waals surface area (Å²) in [6, 6.07) is 15.9. The number of methoxy groups -OCH3 is 1. The number of hydrogen-bond acceptors (Lipinski definition) is 10. The maximum absolute atomic E-state index is 14.8. The van der Waals surface area contributed by atoms with Crippen molar-refractivity contribution in [2.45, 2.75) is 54.6 Å². The Bertz CT molecular complexity index is 2130. The number of hydrogen-bond donors (Lipinski definition) is 3. The number of carboxylic acids is 1. The SMILES string of the molecule is CCOC(=O)[C@@H]1CCN(C(=O)[C@H](Nc2ccc3c(N)nccc3c2)c2ccc(F)c(OC)c2)[C@@H]1c1ccccc1S(=O)(=O)C1CC1.O=C(O)C(F)(F)F. The van der Waals surface area contributed by atoms with Crippen LogP contribution in [0.5, 0.6) is 5.75 Å². The zero-order valence-electron chi connectivity index (χ0n) is 28.5. The molecule has 4 aromatic rings. The lowest BCUT2D eigenvalue weighted by Crippen LogP contribution is -2.40. The van der Waals surface area contributed by atoms with E-state index in [1.165, 1.54) is 25.3 Å². The number of anilines is 2. The van der Waals surface area contributed by atoms with Gasteiger partial charge in [-0.25, -0.2) is 22.6 Å². The summed E-state index contributed by atoms with van der Waals surface area (Å²) in [5, 5.41) is 11.5. The van der Waals surface area contributed by atoms with E-state index in [-0.39, 0.29) is 30.2 Å².